The third kappa shape index (κ3) is 6.35. The van der Waals surface area contributed by atoms with Gasteiger partial charge in [0.05, 0.1) is 18.4 Å². The number of amides is 1. The van der Waals surface area contributed by atoms with E-state index in [1.54, 1.807) is 0 Å². The van der Waals surface area contributed by atoms with Gasteiger partial charge in [0.1, 0.15) is 17.4 Å². The van der Waals surface area contributed by atoms with E-state index < -0.39 is 5.97 Å². The Labute approximate surface area is 226 Å². The van der Waals surface area contributed by atoms with Gasteiger partial charge in [0, 0.05) is 11.4 Å². The first-order chi connectivity index (χ1) is 17.7. The lowest BCUT2D eigenvalue weighted by Crippen LogP contribution is -2.17. The molecular formula is C27H34N4O4S2. The number of carbonyl (C=O) groups is 2. The van der Waals surface area contributed by atoms with Gasteiger partial charge in [0.25, 0.3) is 0 Å². The number of methoxy groups -OCH3 is 1. The Morgan fingerprint density at radius 2 is 1.86 bits per heavy atom. The van der Waals surface area contributed by atoms with Crippen LogP contribution in [0.3, 0.4) is 0 Å². The van der Waals surface area contributed by atoms with Gasteiger partial charge in [-0.05, 0) is 61.3 Å². The average Bonchev–Trinajstić information content (AvgIpc) is 3.45. The first-order valence-corrected chi connectivity index (χ1v) is 14.3. The molecule has 1 N–H and O–H groups in total. The largest absolute Gasteiger partial charge is 0.486 e. The minimum Gasteiger partial charge on any atom is -0.486 e. The Hall–Kier alpha value is -2.85. The summed E-state index contributed by atoms with van der Waals surface area (Å²) in [6, 6.07) is 8.10. The van der Waals surface area contributed by atoms with E-state index >= 15 is 0 Å². The first kappa shape index (κ1) is 27.2. The Morgan fingerprint density at radius 1 is 1.14 bits per heavy atom. The van der Waals surface area contributed by atoms with Crippen LogP contribution in [-0.4, -0.2) is 39.5 Å². The van der Waals surface area contributed by atoms with Crippen LogP contribution in [0.5, 0.6) is 5.75 Å². The van der Waals surface area contributed by atoms with Crippen LogP contribution in [-0.2, 0) is 40.9 Å². The Kier molecular flexibility index (Phi) is 8.59. The lowest BCUT2D eigenvalue weighted by atomic mass is 9.87. The second kappa shape index (κ2) is 11.7. The van der Waals surface area contributed by atoms with Crippen LogP contribution >= 0.6 is 23.1 Å². The number of hydrogen-bond donors (Lipinski definition) is 1. The maximum absolute atomic E-state index is 12.8. The molecule has 0 fully saturated rings. The molecule has 8 nitrogen and oxygen atoms in total. The van der Waals surface area contributed by atoms with E-state index in [1.807, 2.05) is 23.6 Å². The molecule has 0 bridgehead atoms. The van der Waals surface area contributed by atoms with E-state index in [2.05, 4.69) is 48.4 Å². The van der Waals surface area contributed by atoms with Gasteiger partial charge in [-0.2, -0.15) is 0 Å². The molecule has 1 amide bonds. The zero-order chi connectivity index (χ0) is 26.6. The monoisotopic (exact) mass is 542 g/mol. The molecule has 2 aromatic heterocycles. The highest BCUT2D eigenvalue weighted by atomic mass is 32.2. The molecule has 3 aromatic rings. The molecule has 0 unspecified atom stereocenters. The first-order valence-electron chi connectivity index (χ1n) is 12.5. The molecule has 198 valence electrons. The van der Waals surface area contributed by atoms with Gasteiger partial charge in [-0.1, -0.05) is 44.7 Å². The zero-order valence-corrected chi connectivity index (χ0v) is 23.7. The van der Waals surface area contributed by atoms with Crippen molar-refractivity contribution in [1.29, 1.82) is 0 Å². The number of carbonyl (C=O) groups excluding carboxylic acids is 2. The molecule has 37 heavy (non-hydrogen) atoms. The topological polar surface area (TPSA) is 95.3 Å². The Morgan fingerprint density at radius 3 is 2.54 bits per heavy atom. The number of benzene rings is 1. The smallest absolute Gasteiger partial charge is 0.341 e. The molecule has 0 saturated heterocycles. The highest BCUT2D eigenvalue weighted by molar-refractivity contribution is 7.99. The molecule has 1 aromatic carbocycles. The molecular weight excluding hydrogens is 508 g/mol. The number of aryl methyl sites for hydroxylation is 1. The maximum Gasteiger partial charge on any atom is 0.341 e. The van der Waals surface area contributed by atoms with Gasteiger partial charge in [-0.3, -0.25) is 4.79 Å². The number of nitrogens with one attached hydrogen (secondary N) is 1. The van der Waals surface area contributed by atoms with E-state index in [-0.39, 0.29) is 23.7 Å². The van der Waals surface area contributed by atoms with E-state index in [0.29, 0.717) is 28.1 Å². The molecule has 0 aliphatic heterocycles. The van der Waals surface area contributed by atoms with Crippen molar-refractivity contribution in [2.75, 3.05) is 18.2 Å². The molecule has 0 radical (unpaired) electrons. The summed E-state index contributed by atoms with van der Waals surface area (Å²) in [5.74, 6) is 1.02. The van der Waals surface area contributed by atoms with Crippen molar-refractivity contribution in [1.82, 2.24) is 14.8 Å². The van der Waals surface area contributed by atoms with Crippen molar-refractivity contribution in [3.63, 3.8) is 0 Å². The van der Waals surface area contributed by atoms with Crippen LogP contribution in [0.25, 0.3) is 0 Å². The normalized spacial score (nSPS) is 13.2. The number of esters is 1. The van der Waals surface area contributed by atoms with E-state index in [9.17, 15) is 9.59 Å². The van der Waals surface area contributed by atoms with Gasteiger partial charge in [0.15, 0.2) is 11.0 Å². The second-order valence-electron chi connectivity index (χ2n) is 9.95. The number of nitrogens with zero attached hydrogens (tertiary/aromatic N) is 3. The summed E-state index contributed by atoms with van der Waals surface area (Å²) >= 11 is 2.79. The Balaban J connectivity index is 1.37. The van der Waals surface area contributed by atoms with Crippen molar-refractivity contribution in [3.05, 3.63) is 51.7 Å². The lowest BCUT2D eigenvalue weighted by molar-refractivity contribution is -0.113. The van der Waals surface area contributed by atoms with Gasteiger partial charge in [-0.15, -0.1) is 21.5 Å². The summed E-state index contributed by atoms with van der Waals surface area (Å²) < 4.78 is 12.9. The quantitative estimate of drug-likeness (QED) is 0.276. The number of fused-ring (bicyclic) bond motifs is 1. The molecule has 1 aliphatic rings. The van der Waals surface area contributed by atoms with Crippen LogP contribution in [0.1, 0.15) is 72.7 Å². The van der Waals surface area contributed by atoms with Crippen molar-refractivity contribution in [2.24, 2.45) is 0 Å². The summed E-state index contributed by atoms with van der Waals surface area (Å²) in [6.45, 7) is 9.48. The van der Waals surface area contributed by atoms with Gasteiger partial charge in [-0.25, -0.2) is 4.79 Å². The maximum atomic E-state index is 12.8. The van der Waals surface area contributed by atoms with Crippen LogP contribution in [0, 0.1) is 0 Å². The van der Waals surface area contributed by atoms with Crippen molar-refractivity contribution in [2.45, 2.75) is 77.1 Å². The number of aromatic nitrogens is 3. The fraction of sp³-hybridized carbons (Fsp3) is 0.481. The van der Waals surface area contributed by atoms with Crippen LogP contribution in [0.15, 0.2) is 29.4 Å². The fourth-order valence-electron chi connectivity index (χ4n) is 4.31. The zero-order valence-electron chi connectivity index (χ0n) is 22.1. The number of thiophene rings is 1. The van der Waals surface area contributed by atoms with E-state index in [4.69, 9.17) is 9.47 Å². The number of thioether (sulfide) groups is 1. The molecule has 4 rings (SSSR count). The second-order valence-corrected chi connectivity index (χ2v) is 12.0. The molecule has 0 spiro atoms. The number of ether oxygens (including phenoxy) is 2. The molecule has 2 heterocycles. The summed E-state index contributed by atoms with van der Waals surface area (Å²) in [5.41, 5.74) is 2.86. The van der Waals surface area contributed by atoms with Gasteiger partial charge >= 0.3 is 5.97 Å². The van der Waals surface area contributed by atoms with Crippen molar-refractivity contribution in [3.8, 4) is 5.75 Å². The number of anilines is 1. The highest BCUT2D eigenvalue weighted by Crippen LogP contribution is 2.38. The number of rotatable bonds is 9. The van der Waals surface area contributed by atoms with Crippen LogP contribution in [0.4, 0.5) is 5.00 Å². The summed E-state index contributed by atoms with van der Waals surface area (Å²) in [7, 11) is 1.37. The summed E-state index contributed by atoms with van der Waals surface area (Å²) in [5, 5.41) is 12.7. The minimum absolute atomic E-state index is 0.0864. The molecule has 1 aliphatic carbocycles. The summed E-state index contributed by atoms with van der Waals surface area (Å²) in [4.78, 5) is 26.4. The fourth-order valence-corrected chi connectivity index (χ4v) is 6.43. The SMILES string of the molecule is CCn1c(COc2ccc(C(C)(C)C)cc2)nnc1SCC(=O)Nc1sc2c(c1C(=O)OC)CCCC2. The molecule has 0 saturated carbocycles. The van der Waals surface area contributed by atoms with E-state index in [0.717, 1.165) is 41.9 Å². The lowest BCUT2D eigenvalue weighted by Gasteiger charge is -2.19. The highest BCUT2D eigenvalue weighted by Gasteiger charge is 2.27. The predicted octanol–water partition coefficient (Wildman–Crippen LogP) is 5.63. The van der Waals surface area contributed by atoms with Crippen LogP contribution < -0.4 is 10.1 Å². The Bertz CT molecular complexity index is 1260. The van der Waals surface area contributed by atoms with Crippen LogP contribution in [0.2, 0.25) is 0 Å². The van der Waals surface area contributed by atoms with Crippen molar-refractivity contribution >= 4 is 40.0 Å². The van der Waals surface area contributed by atoms with E-state index in [1.165, 1.54) is 35.8 Å². The third-order valence-corrected chi connectivity index (χ3v) is 8.52. The van der Waals surface area contributed by atoms with Gasteiger partial charge < -0.3 is 19.4 Å². The minimum atomic E-state index is -0.397. The summed E-state index contributed by atoms with van der Waals surface area (Å²) in [6.07, 6.45) is 3.90. The predicted molar refractivity (Wildman–Crippen MR) is 147 cm³/mol. The molecule has 10 heteroatoms. The number of hydrogen-bond acceptors (Lipinski definition) is 8. The van der Waals surface area contributed by atoms with Gasteiger partial charge in [0.2, 0.25) is 5.91 Å². The third-order valence-electron chi connectivity index (χ3n) is 6.34. The molecule has 0 atom stereocenters. The average molecular weight is 543 g/mol. The standard InChI is InChI=1S/C27H34N4O4S2/c1-6-31-21(15-35-18-13-11-17(12-14-18)27(2,3)4)29-30-26(31)36-16-22(32)28-24-23(25(33)34-5)19-9-7-8-10-20(19)37-24/h11-14H,6-10,15-16H2,1-5H3,(H,28,32). The van der Waals surface area contributed by atoms with Crippen molar-refractivity contribution < 1.29 is 19.1 Å².